The second kappa shape index (κ2) is 5.06. The second-order valence-corrected chi connectivity index (χ2v) is 5.00. The molecule has 19 heavy (non-hydrogen) atoms. The highest BCUT2D eigenvalue weighted by Crippen LogP contribution is 2.25. The summed E-state index contributed by atoms with van der Waals surface area (Å²) >= 11 is 5.85. The van der Waals surface area contributed by atoms with Gasteiger partial charge in [-0.25, -0.2) is 13.8 Å². The normalized spacial score (nSPS) is 19.4. The predicted octanol–water partition coefficient (Wildman–Crippen LogP) is 3.09. The van der Waals surface area contributed by atoms with Gasteiger partial charge in [0.25, 0.3) is 0 Å². The summed E-state index contributed by atoms with van der Waals surface area (Å²) in [6.07, 6.45) is 0.915. The lowest BCUT2D eigenvalue weighted by molar-refractivity contribution is 0.182. The SMILES string of the molecule is Fc1ccc2nc(CCl)n(CC3CCOC3)c2c1F. The lowest BCUT2D eigenvalue weighted by atomic mass is 10.1. The molecule has 0 spiro atoms. The molecule has 0 aliphatic carbocycles. The van der Waals surface area contributed by atoms with Crippen molar-refractivity contribution < 1.29 is 13.5 Å². The zero-order valence-corrected chi connectivity index (χ0v) is 11.0. The summed E-state index contributed by atoms with van der Waals surface area (Å²) in [5, 5.41) is 0. The molecule has 0 saturated carbocycles. The molecule has 0 bridgehead atoms. The van der Waals surface area contributed by atoms with Gasteiger partial charge in [-0.15, -0.1) is 11.6 Å². The van der Waals surface area contributed by atoms with Crippen molar-refractivity contribution in [3.05, 3.63) is 29.6 Å². The van der Waals surface area contributed by atoms with Gasteiger partial charge in [0.15, 0.2) is 11.6 Å². The van der Waals surface area contributed by atoms with E-state index in [-0.39, 0.29) is 11.4 Å². The van der Waals surface area contributed by atoms with Crippen LogP contribution in [-0.2, 0) is 17.2 Å². The van der Waals surface area contributed by atoms with Crippen molar-refractivity contribution in [1.82, 2.24) is 9.55 Å². The third kappa shape index (κ3) is 2.21. The summed E-state index contributed by atoms with van der Waals surface area (Å²) in [7, 11) is 0. The molecule has 1 atom stereocenters. The van der Waals surface area contributed by atoms with Gasteiger partial charge in [-0.1, -0.05) is 0 Å². The van der Waals surface area contributed by atoms with Crippen molar-refractivity contribution in [3.8, 4) is 0 Å². The lowest BCUT2D eigenvalue weighted by Gasteiger charge is -2.12. The first-order chi connectivity index (χ1) is 9.20. The molecule has 0 amide bonds. The lowest BCUT2D eigenvalue weighted by Crippen LogP contribution is -2.13. The summed E-state index contributed by atoms with van der Waals surface area (Å²) in [6.45, 7) is 1.90. The average Bonchev–Trinajstić information content (AvgIpc) is 3.02. The van der Waals surface area contributed by atoms with Crippen LogP contribution in [0.5, 0.6) is 0 Å². The molecule has 1 fully saturated rings. The maximum Gasteiger partial charge on any atom is 0.184 e. The van der Waals surface area contributed by atoms with Crippen molar-refractivity contribution >= 4 is 22.6 Å². The van der Waals surface area contributed by atoms with E-state index < -0.39 is 11.6 Å². The molecule has 0 radical (unpaired) electrons. The van der Waals surface area contributed by atoms with E-state index in [1.165, 1.54) is 6.07 Å². The van der Waals surface area contributed by atoms with Crippen LogP contribution >= 0.6 is 11.6 Å². The van der Waals surface area contributed by atoms with Gasteiger partial charge in [0.2, 0.25) is 0 Å². The molecule has 2 aromatic rings. The Labute approximate surface area is 114 Å². The van der Waals surface area contributed by atoms with Gasteiger partial charge >= 0.3 is 0 Å². The van der Waals surface area contributed by atoms with Gasteiger partial charge in [-0.05, 0) is 18.6 Å². The molecular weight excluding hydrogens is 274 g/mol. The van der Waals surface area contributed by atoms with E-state index in [1.54, 1.807) is 4.57 Å². The molecule has 1 aliphatic heterocycles. The standard InChI is InChI=1S/C13H13ClF2N2O/c14-5-11-17-10-2-1-9(15)12(16)13(10)18(11)6-8-3-4-19-7-8/h1-2,8H,3-7H2. The van der Waals surface area contributed by atoms with E-state index in [0.717, 1.165) is 12.5 Å². The summed E-state index contributed by atoms with van der Waals surface area (Å²) in [6, 6.07) is 2.57. The van der Waals surface area contributed by atoms with Gasteiger partial charge < -0.3 is 9.30 Å². The molecule has 2 heterocycles. The molecule has 3 rings (SSSR count). The van der Waals surface area contributed by atoms with Crippen LogP contribution in [0.15, 0.2) is 12.1 Å². The van der Waals surface area contributed by atoms with E-state index in [1.807, 2.05) is 0 Å². The zero-order chi connectivity index (χ0) is 13.4. The van der Waals surface area contributed by atoms with Crippen molar-refractivity contribution in [2.45, 2.75) is 18.8 Å². The molecule has 6 heteroatoms. The quantitative estimate of drug-likeness (QED) is 0.811. The van der Waals surface area contributed by atoms with Crippen LogP contribution in [-0.4, -0.2) is 22.8 Å². The van der Waals surface area contributed by atoms with Crippen LogP contribution in [0, 0.1) is 17.6 Å². The Bertz CT molecular complexity index is 608. The summed E-state index contributed by atoms with van der Waals surface area (Å²) in [5.74, 6) is -0.698. The Morgan fingerprint density at radius 1 is 1.42 bits per heavy atom. The number of nitrogens with zero attached hydrogens (tertiary/aromatic N) is 2. The van der Waals surface area contributed by atoms with Crippen molar-refractivity contribution in [1.29, 1.82) is 0 Å². The van der Waals surface area contributed by atoms with E-state index in [0.29, 0.717) is 37.0 Å². The Hall–Kier alpha value is -1.20. The smallest absolute Gasteiger partial charge is 0.184 e. The number of hydrogen-bond donors (Lipinski definition) is 0. The van der Waals surface area contributed by atoms with Gasteiger partial charge in [0.05, 0.1) is 18.0 Å². The van der Waals surface area contributed by atoms with E-state index in [2.05, 4.69) is 4.98 Å². The molecule has 1 aromatic carbocycles. The number of rotatable bonds is 3. The van der Waals surface area contributed by atoms with Gasteiger partial charge in [-0.3, -0.25) is 0 Å². The zero-order valence-electron chi connectivity index (χ0n) is 10.2. The fourth-order valence-electron chi connectivity index (χ4n) is 2.49. The average molecular weight is 287 g/mol. The number of benzene rings is 1. The minimum Gasteiger partial charge on any atom is -0.381 e. The first kappa shape index (κ1) is 12.8. The number of imidazole rings is 1. The largest absolute Gasteiger partial charge is 0.381 e. The predicted molar refractivity (Wildman–Crippen MR) is 68.1 cm³/mol. The van der Waals surface area contributed by atoms with E-state index >= 15 is 0 Å². The van der Waals surface area contributed by atoms with Crippen LogP contribution in [0.25, 0.3) is 11.0 Å². The Balaban J connectivity index is 2.10. The van der Waals surface area contributed by atoms with E-state index in [4.69, 9.17) is 16.3 Å². The minimum atomic E-state index is -0.863. The van der Waals surface area contributed by atoms with Gasteiger partial charge in [0.1, 0.15) is 11.3 Å². The summed E-state index contributed by atoms with van der Waals surface area (Å²) in [4.78, 5) is 4.26. The van der Waals surface area contributed by atoms with Crippen molar-refractivity contribution in [3.63, 3.8) is 0 Å². The van der Waals surface area contributed by atoms with Crippen LogP contribution in [0.3, 0.4) is 0 Å². The molecule has 3 nitrogen and oxygen atoms in total. The first-order valence-corrected chi connectivity index (χ1v) is 6.71. The fourth-order valence-corrected chi connectivity index (χ4v) is 2.69. The topological polar surface area (TPSA) is 27.1 Å². The maximum absolute atomic E-state index is 14.0. The highest BCUT2D eigenvalue weighted by atomic mass is 35.5. The van der Waals surface area contributed by atoms with Gasteiger partial charge in [-0.2, -0.15) is 0 Å². The molecule has 1 aliphatic rings. The number of halogens is 3. The number of hydrogen-bond acceptors (Lipinski definition) is 2. The highest BCUT2D eigenvalue weighted by molar-refractivity contribution is 6.16. The van der Waals surface area contributed by atoms with Crippen molar-refractivity contribution in [2.24, 2.45) is 5.92 Å². The fraction of sp³-hybridized carbons (Fsp3) is 0.462. The number of alkyl halides is 1. The Kier molecular flexibility index (Phi) is 3.41. The van der Waals surface area contributed by atoms with Crippen molar-refractivity contribution in [2.75, 3.05) is 13.2 Å². The van der Waals surface area contributed by atoms with Gasteiger partial charge in [0, 0.05) is 19.1 Å². The minimum absolute atomic E-state index is 0.170. The van der Waals surface area contributed by atoms with Crippen LogP contribution in [0.4, 0.5) is 8.78 Å². The summed E-state index contributed by atoms with van der Waals surface area (Å²) < 4.78 is 34.3. The number of fused-ring (bicyclic) bond motifs is 1. The molecular formula is C13H13ClF2N2O. The second-order valence-electron chi connectivity index (χ2n) is 4.73. The number of aromatic nitrogens is 2. The third-order valence-electron chi connectivity index (χ3n) is 3.46. The van der Waals surface area contributed by atoms with Crippen LogP contribution in [0.2, 0.25) is 0 Å². The third-order valence-corrected chi connectivity index (χ3v) is 3.70. The number of ether oxygens (including phenoxy) is 1. The maximum atomic E-state index is 14.0. The Morgan fingerprint density at radius 3 is 2.95 bits per heavy atom. The van der Waals surface area contributed by atoms with E-state index in [9.17, 15) is 8.78 Å². The highest BCUT2D eigenvalue weighted by Gasteiger charge is 2.22. The molecule has 102 valence electrons. The molecule has 0 N–H and O–H groups in total. The molecule has 1 unspecified atom stereocenters. The molecule has 1 aromatic heterocycles. The first-order valence-electron chi connectivity index (χ1n) is 6.17. The van der Waals surface area contributed by atoms with Crippen LogP contribution < -0.4 is 0 Å². The molecule has 1 saturated heterocycles. The monoisotopic (exact) mass is 286 g/mol. The summed E-state index contributed by atoms with van der Waals surface area (Å²) in [5.41, 5.74) is 0.635. The van der Waals surface area contributed by atoms with Crippen LogP contribution in [0.1, 0.15) is 12.2 Å². The Morgan fingerprint density at radius 2 is 2.26 bits per heavy atom.